The molecule has 0 aromatic rings. The third kappa shape index (κ3) is 4.57. The number of rotatable bonds is 5. The van der Waals surface area contributed by atoms with Crippen molar-refractivity contribution in [1.82, 2.24) is 5.32 Å². The number of amides is 1. The van der Waals surface area contributed by atoms with E-state index in [9.17, 15) is 13.2 Å². The molecule has 0 radical (unpaired) electrons. The summed E-state index contributed by atoms with van der Waals surface area (Å²) in [7, 11) is -3.45. The Morgan fingerprint density at radius 2 is 2.07 bits per heavy atom. The van der Waals surface area contributed by atoms with Gasteiger partial charge in [-0.05, 0) is 18.8 Å². The molecule has 0 aliphatic heterocycles. The lowest BCUT2D eigenvalue weighted by atomic mass is 9.83. The monoisotopic (exact) mass is 220 g/mol. The molecular formula is C8H16N2O3S. The fourth-order valence-corrected chi connectivity index (χ4v) is 1.75. The van der Waals surface area contributed by atoms with E-state index in [-0.39, 0.29) is 18.2 Å². The third-order valence-electron chi connectivity index (χ3n) is 2.41. The molecule has 1 amide bonds. The Morgan fingerprint density at radius 1 is 1.43 bits per heavy atom. The average molecular weight is 220 g/mol. The normalized spacial score (nSPS) is 17.5. The largest absolute Gasteiger partial charge is 0.355 e. The first-order valence-corrected chi connectivity index (χ1v) is 6.46. The van der Waals surface area contributed by atoms with Crippen molar-refractivity contribution in [1.29, 1.82) is 0 Å². The molecule has 0 atom stereocenters. The van der Waals surface area contributed by atoms with Crippen LogP contribution in [0.25, 0.3) is 0 Å². The fraction of sp³-hybridized carbons (Fsp3) is 0.875. The standard InChI is InChI=1S/C8H16N2O3S/c9-14(12,13)5-4-10-8(11)6-7-2-1-3-7/h7H,1-6H2,(H,10,11)(H2,9,12,13). The summed E-state index contributed by atoms with van der Waals surface area (Å²) < 4.78 is 21.1. The van der Waals surface area contributed by atoms with Crippen molar-refractivity contribution in [2.24, 2.45) is 11.1 Å². The molecule has 0 heterocycles. The van der Waals surface area contributed by atoms with Crippen molar-refractivity contribution in [3.05, 3.63) is 0 Å². The van der Waals surface area contributed by atoms with Crippen molar-refractivity contribution < 1.29 is 13.2 Å². The lowest BCUT2D eigenvalue weighted by Gasteiger charge is -2.24. The molecular weight excluding hydrogens is 204 g/mol. The Morgan fingerprint density at radius 3 is 2.50 bits per heavy atom. The van der Waals surface area contributed by atoms with Crippen LogP contribution in [0.1, 0.15) is 25.7 Å². The molecule has 1 fully saturated rings. The van der Waals surface area contributed by atoms with E-state index in [4.69, 9.17) is 5.14 Å². The maximum Gasteiger partial charge on any atom is 0.220 e. The summed E-state index contributed by atoms with van der Waals surface area (Å²) in [6.45, 7) is 0.115. The van der Waals surface area contributed by atoms with Gasteiger partial charge in [-0.25, -0.2) is 13.6 Å². The van der Waals surface area contributed by atoms with Gasteiger partial charge in [0.05, 0.1) is 5.75 Å². The average Bonchev–Trinajstić information content (AvgIpc) is 1.94. The molecule has 0 aromatic carbocycles. The maximum atomic E-state index is 11.2. The number of primary sulfonamides is 1. The quantitative estimate of drug-likeness (QED) is 0.659. The van der Waals surface area contributed by atoms with Crippen molar-refractivity contribution in [3.63, 3.8) is 0 Å². The first-order chi connectivity index (χ1) is 6.47. The molecule has 0 bridgehead atoms. The van der Waals surface area contributed by atoms with Gasteiger partial charge in [0.1, 0.15) is 0 Å². The predicted octanol–water partition coefficient (Wildman–Crippen LogP) is -0.419. The molecule has 0 aromatic heterocycles. The number of sulfonamides is 1. The number of hydrogen-bond donors (Lipinski definition) is 2. The first kappa shape index (κ1) is 11.5. The van der Waals surface area contributed by atoms with E-state index < -0.39 is 10.0 Å². The van der Waals surface area contributed by atoms with Gasteiger partial charge in [-0.15, -0.1) is 0 Å². The lowest BCUT2D eigenvalue weighted by molar-refractivity contribution is -0.122. The topological polar surface area (TPSA) is 89.3 Å². The second-order valence-electron chi connectivity index (χ2n) is 3.72. The summed E-state index contributed by atoms with van der Waals surface area (Å²) in [5.41, 5.74) is 0. The zero-order valence-corrected chi connectivity index (χ0v) is 8.85. The molecule has 1 rings (SSSR count). The Labute approximate surface area is 84.1 Å². The third-order valence-corrected chi connectivity index (χ3v) is 3.18. The summed E-state index contributed by atoms with van der Waals surface area (Å²) in [6.07, 6.45) is 3.95. The smallest absolute Gasteiger partial charge is 0.220 e. The fourth-order valence-electron chi connectivity index (χ4n) is 1.36. The maximum absolute atomic E-state index is 11.2. The number of carbonyl (C=O) groups is 1. The highest BCUT2D eigenvalue weighted by Crippen LogP contribution is 2.28. The summed E-state index contributed by atoms with van der Waals surface area (Å²) in [5, 5.41) is 7.32. The van der Waals surface area contributed by atoms with E-state index in [1.165, 1.54) is 6.42 Å². The van der Waals surface area contributed by atoms with E-state index in [0.717, 1.165) is 12.8 Å². The lowest BCUT2D eigenvalue weighted by Crippen LogP contribution is -2.33. The van der Waals surface area contributed by atoms with Gasteiger partial charge in [-0.3, -0.25) is 4.79 Å². The summed E-state index contributed by atoms with van der Waals surface area (Å²) >= 11 is 0. The minimum atomic E-state index is -3.45. The Balaban J connectivity index is 2.08. The zero-order valence-electron chi connectivity index (χ0n) is 8.03. The van der Waals surface area contributed by atoms with E-state index in [1.54, 1.807) is 0 Å². The van der Waals surface area contributed by atoms with Crippen LogP contribution in [0.2, 0.25) is 0 Å². The van der Waals surface area contributed by atoms with Gasteiger partial charge >= 0.3 is 0 Å². The van der Waals surface area contributed by atoms with Crippen LogP contribution in [0, 0.1) is 5.92 Å². The van der Waals surface area contributed by atoms with Crippen LogP contribution in [-0.4, -0.2) is 26.6 Å². The molecule has 1 aliphatic rings. The van der Waals surface area contributed by atoms with E-state index in [1.807, 2.05) is 0 Å². The van der Waals surface area contributed by atoms with Crippen LogP contribution in [0.5, 0.6) is 0 Å². The molecule has 3 N–H and O–H groups in total. The highest BCUT2D eigenvalue weighted by Gasteiger charge is 2.20. The van der Waals surface area contributed by atoms with Gasteiger partial charge in [0.2, 0.25) is 15.9 Å². The Kier molecular flexibility index (Phi) is 3.88. The molecule has 1 saturated carbocycles. The molecule has 0 saturated heterocycles. The number of hydrogen-bond acceptors (Lipinski definition) is 3. The molecule has 6 heteroatoms. The summed E-state index contributed by atoms with van der Waals surface area (Å²) in [4.78, 5) is 11.2. The van der Waals surface area contributed by atoms with Crippen LogP contribution >= 0.6 is 0 Å². The van der Waals surface area contributed by atoms with Gasteiger partial charge in [0.15, 0.2) is 0 Å². The van der Waals surface area contributed by atoms with Crippen molar-refractivity contribution in [2.75, 3.05) is 12.3 Å². The second-order valence-corrected chi connectivity index (χ2v) is 5.45. The van der Waals surface area contributed by atoms with Crippen molar-refractivity contribution >= 4 is 15.9 Å². The minimum Gasteiger partial charge on any atom is -0.355 e. The highest BCUT2D eigenvalue weighted by atomic mass is 32.2. The molecule has 0 spiro atoms. The highest BCUT2D eigenvalue weighted by molar-refractivity contribution is 7.89. The van der Waals surface area contributed by atoms with Crippen LogP contribution in [0.4, 0.5) is 0 Å². The van der Waals surface area contributed by atoms with Gasteiger partial charge < -0.3 is 5.32 Å². The summed E-state index contributed by atoms with van der Waals surface area (Å²) in [6, 6.07) is 0. The van der Waals surface area contributed by atoms with Crippen LogP contribution in [-0.2, 0) is 14.8 Å². The van der Waals surface area contributed by atoms with Crippen LogP contribution < -0.4 is 10.5 Å². The molecule has 82 valence electrons. The van der Waals surface area contributed by atoms with Crippen LogP contribution in [0.3, 0.4) is 0 Å². The van der Waals surface area contributed by atoms with Gasteiger partial charge in [0.25, 0.3) is 0 Å². The van der Waals surface area contributed by atoms with Gasteiger partial charge in [-0.1, -0.05) is 6.42 Å². The molecule has 14 heavy (non-hydrogen) atoms. The first-order valence-electron chi connectivity index (χ1n) is 4.74. The van der Waals surface area contributed by atoms with Crippen molar-refractivity contribution in [2.45, 2.75) is 25.7 Å². The second kappa shape index (κ2) is 4.75. The van der Waals surface area contributed by atoms with Gasteiger partial charge in [-0.2, -0.15) is 0 Å². The SMILES string of the molecule is NS(=O)(=O)CCNC(=O)CC1CCC1. The van der Waals surface area contributed by atoms with E-state index >= 15 is 0 Å². The number of nitrogens with one attached hydrogen (secondary N) is 1. The predicted molar refractivity (Wildman–Crippen MR) is 52.9 cm³/mol. The Hall–Kier alpha value is -0.620. The van der Waals surface area contributed by atoms with Crippen molar-refractivity contribution in [3.8, 4) is 0 Å². The minimum absolute atomic E-state index is 0.0710. The van der Waals surface area contributed by atoms with Gasteiger partial charge in [0, 0.05) is 13.0 Å². The van der Waals surface area contributed by atoms with Crippen LogP contribution in [0.15, 0.2) is 0 Å². The zero-order chi connectivity index (χ0) is 10.6. The molecule has 5 nitrogen and oxygen atoms in total. The number of carbonyl (C=O) groups excluding carboxylic acids is 1. The molecule has 1 aliphatic carbocycles. The summed E-state index contributed by atoms with van der Waals surface area (Å²) in [5.74, 6) is 0.242. The Bertz CT molecular complexity index is 296. The molecule has 0 unspecified atom stereocenters. The number of nitrogens with two attached hydrogens (primary N) is 1. The van der Waals surface area contributed by atoms with E-state index in [2.05, 4.69) is 5.32 Å². The van der Waals surface area contributed by atoms with E-state index in [0.29, 0.717) is 12.3 Å².